The SMILES string of the molecule is O=C(CNC(=O)c1cccc(C(F)(F)F)c1)NC1CN(C2CCC(c3cc(=O)cc[nH]3)CC2)C1. The lowest BCUT2D eigenvalue weighted by atomic mass is 9.82. The molecule has 1 aromatic heterocycles. The molecular weight excluding hydrogens is 449 g/mol. The Labute approximate surface area is 194 Å². The molecule has 7 nitrogen and oxygen atoms in total. The summed E-state index contributed by atoms with van der Waals surface area (Å²) in [6.45, 7) is 1.15. The van der Waals surface area contributed by atoms with E-state index >= 15 is 0 Å². The van der Waals surface area contributed by atoms with Crippen molar-refractivity contribution in [2.45, 2.75) is 49.9 Å². The Morgan fingerprint density at radius 3 is 2.47 bits per heavy atom. The second-order valence-corrected chi connectivity index (χ2v) is 8.96. The number of pyridine rings is 1. The van der Waals surface area contributed by atoms with Crippen molar-refractivity contribution in [3.63, 3.8) is 0 Å². The van der Waals surface area contributed by atoms with Crippen LogP contribution in [0.5, 0.6) is 0 Å². The van der Waals surface area contributed by atoms with Gasteiger partial charge in [0.05, 0.1) is 18.2 Å². The summed E-state index contributed by atoms with van der Waals surface area (Å²) >= 11 is 0. The summed E-state index contributed by atoms with van der Waals surface area (Å²) < 4.78 is 38.4. The number of aromatic nitrogens is 1. The number of amides is 2. The number of alkyl halides is 3. The van der Waals surface area contributed by atoms with Crippen molar-refractivity contribution in [1.82, 2.24) is 20.5 Å². The van der Waals surface area contributed by atoms with Gasteiger partial charge in [0, 0.05) is 48.7 Å². The molecule has 1 aliphatic heterocycles. The van der Waals surface area contributed by atoms with Gasteiger partial charge < -0.3 is 15.6 Å². The molecule has 2 aliphatic rings. The van der Waals surface area contributed by atoms with Gasteiger partial charge in [-0.1, -0.05) is 6.07 Å². The fourth-order valence-electron chi connectivity index (χ4n) is 4.73. The smallest absolute Gasteiger partial charge is 0.365 e. The Morgan fingerprint density at radius 1 is 1.06 bits per heavy atom. The van der Waals surface area contributed by atoms with E-state index in [4.69, 9.17) is 0 Å². The van der Waals surface area contributed by atoms with Crippen molar-refractivity contribution < 1.29 is 22.8 Å². The van der Waals surface area contributed by atoms with Crippen LogP contribution >= 0.6 is 0 Å². The van der Waals surface area contributed by atoms with E-state index in [-0.39, 0.29) is 29.5 Å². The Morgan fingerprint density at radius 2 is 1.79 bits per heavy atom. The van der Waals surface area contributed by atoms with E-state index in [1.54, 1.807) is 12.3 Å². The highest BCUT2D eigenvalue weighted by molar-refractivity contribution is 5.96. The molecule has 10 heteroatoms. The topological polar surface area (TPSA) is 94.3 Å². The van der Waals surface area contributed by atoms with Gasteiger partial charge in [0.25, 0.3) is 5.91 Å². The fourth-order valence-corrected chi connectivity index (χ4v) is 4.73. The van der Waals surface area contributed by atoms with E-state index in [2.05, 4.69) is 20.5 Å². The summed E-state index contributed by atoms with van der Waals surface area (Å²) in [5, 5.41) is 5.23. The van der Waals surface area contributed by atoms with Gasteiger partial charge in [0.15, 0.2) is 5.43 Å². The van der Waals surface area contributed by atoms with Gasteiger partial charge in [0.1, 0.15) is 0 Å². The summed E-state index contributed by atoms with van der Waals surface area (Å²) in [6, 6.07) is 7.71. The van der Waals surface area contributed by atoms with Crippen LogP contribution < -0.4 is 16.1 Å². The average molecular weight is 476 g/mol. The number of rotatable bonds is 6. The molecule has 2 amide bonds. The van der Waals surface area contributed by atoms with Crippen LogP contribution in [-0.4, -0.2) is 53.4 Å². The van der Waals surface area contributed by atoms with E-state index in [0.717, 1.165) is 62.7 Å². The maximum atomic E-state index is 12.8. The zero-order chi connectivity index (χ0) is 24.3. The minimum absolute atomic E-state index is 0.0128. The number of hydrogen-bond acceptors (Lipinski definition) is 4. The Balaban J connectivity index is 1.16. The molecule has 34 heavy (non-hydrogen) atoms. The minimum Gasteiger partial charge on any atom is -0.365 e. The molecule has 4 rings (SSSR count). The number of benzene rings is 1. The Kier molecular flexibility index (Phi) is 7.06. The first-order valence-corrected chi connectivity index (χ1v) is 11.4. The zero-order valence-electron chi connectivity index (χ0n) is 18.5. The van der Waals surface area contributed by atoms with Gasteiger partial charge in [-0.15, -0.1) is 0 Å². The predicted molar refractivity (Wildman–Crippen MR) is 119 cm³/mol. The van der Waals surface area contributed by atoms with E-state index in [1.165, 1.54) is 12.1 Å². The third-order valence-corrected chi connectivity index (χ3v) is 6.58. The van der Waals surface area contributed by atoms with Crippen molar-refractivity contribution in [2.75, 3.05) is 19.6 Å². The zero-order valence-corrected chi connectivity index (χ0v) is 18.5. The lowest BCUT2D eigenvalue weighted by molar-refractivity contribution is -0.137. The van der Waals surface area contributed by atoms with E-state index in [9.17, 15) is 27.6 Å². The second-order valence-electron chi connectivity index (χ2n) is 8.96. The standard InChI is InChI=1S/C24H27F3N4O3/c25-24(26,27)17-3-1-2-16(10-17)23(34)29-12-22(33)30-18-13-31(14-18)19-6-4-15(5-7-19)21-11-20(32)8-9-28-21/h1-3,8-11,15,18-19H,4-7,12-14H2,(H,28,32)(H,29,34)(H,30,33). The van der Waals surface area contributed by atoms with Crippen molar-refractivity contribution in [3.8, 4) is 0 Å². The lowest BCUT2D eigenvalue weighted by Crippen LogP contribution is -2.63. The fraction of sp³-hybridized carbons (Fsp3) is 0.458. The lowest BCUT2D eigenvalue weighted by Gasteiger charge is -2.46. The van der Waals surface area contributed by atoms with E-state index < -0.39 is 17.6 Å². The van der Waals surface area contributed by atoms with Gasteiger partial charge in [-0.25, -0.2) is 0 Å². The molecule has 3 N–H and O–H groups in total. The predicted octanol–water partition coefficient (Wildman–Crippen LogP) is 2.65. The molecule has 1 saturated carbocycles. The van der Waals surface area contributed by atoms with Crippen LogP contribution in [0.2, 0.25) is 0 Å². The van der Waals surface area contributed by atoms with Gasteiger partial charge in [0.2, 0.25) is 5.91 Å². The summed E-state index contributed by atoms with van der Waals surface area (Å²) in [5.74, 6) is -0.739. The first-order chi connectivity index (χ1) is 16.2. The number of H-pyrrole nitrogens is 1. The van der Waals surface area contributed by atoms with Gasteiger partial charge >= 0.3 is 6.18 Å². The number of halogens is 3. The van der Waals surface area contributed by atoms with E-state index in [0.29, 0.717) is 12.0 Å². The molecule has 2 heterocycles. The van der Waals surface area contributed by atoms with Crippen LogP contribution in [0.4, 0.5) is 13.2 Å². The molecular formula is C24H27F3N4O3. The van der Waals surface area contributed by atoms with Gasteiger partial charge in [-0.05, 0) is 49.8 Å². The van der Waals surface area contributed by atoms with Crippen LogP contribution in [0.3, 0.4) is 0 Å². The van der Waals surface area contributed by atoms with Gasteiger partial charge in [-0.3, -0.25) is 19.3 Å². The molecule has 1 saturated heterocycles. The Bertz CT molecular complexity index is 1090. The van der Waals surface area contributed by atoms with Crippen LogP contribution in [0.1, 0.15) is 53.2 Å². The summed E-state index contributed by atoms with van der Waals surface area (Å²) in [6.07, 6.45) is 1.20. The summed E-state index contributed by atoms with van der Waals surface area (Å²) in [4.78, 5) is 41.4. The molecule has 2 aromatic rings. The molecule has 0 spiro atoms. The highest BCUT2D eigenvalue weighted by Gasteiger charge is 2.35. The molecule has 2 fully saturated rings. The van der Waals surface area contributed by atoms with Crippen LogP contribution in [0.25, 0.3) is 0 Å². The van der Waals surface area contributed by atoms with Crippen molar-refractivity contribution in [3.05, 3.63) is 69.6 Å². The van der Waals surface area contributed by atoms with Crippen LogP contribution in [-0.2, 0) is 11.0 Å². The first-order valence-electron chi connectivity index (χ1n) is 11.4. The molecule has 0 radical (unpaired) electrons. The highest BCUT2D eigenvalue weighted by atomic mass is 19.4. The third-order valence-electron chi connectivity index (χ3n) is 6.58. The number of nitrogens with zero attached hydrogens (tertiary/aromatic N) is 1. The monoisotopic (exact) mass is 476 g/mol. The number of carbonyl (C=O) groups is 2. The molecule has 1 aliphatic carbocycles. The maximum Gasteiger partial charge on any atom is 0.416 e. The van der Waals surface area contributed by atoms with E-state index in [1.807, 2.05) is 0 Å². The summed E-state index contributed by atoms with van der Waals surface area (Å²) in [5.41, 5.74) is -0.0482. The molecule has 1 aromatic carbocycles. The average Bonchev–Trinajstić information content (AvgIpc) is 2.79. The summed E-state index contributed by atoms with van der Waals surface area (Å²) in [7, 11) is 0. The second kappa shape index (κ2) is 10.0. The first kappa shape index (κ1) is 24.0. The van der Waals surface area contributed by atoms with Crippen molar-refractivity contribution >= 4 is 11.8 Å². The number of hydrogen-bond donors (Lipinski definition) is 3. The molecule has 0 bridgehead atoms. The maximum absolute atomic E-state index is 12.8. The highest BCUT2D eigenvalue weighted by Crippen LogP contribution is 2.35. The van der Waals surface area contributed by atoms with Crippen molar-refractivity contribution in [2.24, 2.45) is 0 Å². The number of nitrogens with one attached hydrogen (secondary N) is 3. The number of aromatic amines is 1. The van der Waals surface area contributed by atoms with Gasteiger partial charge in [-0.2, -0.15) is 13.2 Å². The number of carbonyl (C=O) groups excluding carboxylic acids is 2. The number of likely N-dealkylation sites (tertiary alicyclic amines) is 1. The molecule has 0 atom stereocenters. The minimum atomic E-state index is -4.54. The largest absolute Gasteiger partial charge is 0.416 e. The quantitative estimate of drug-likeness (QED) is 0.598. The van der Waals surface area contributed by atoms with Crippen LogP contribution in [0.15, 0.2) is 47.4 Å². The van der Waals surface area contributed by atoms with Crippen molar-refractivity contribution in [1.29, 1.82) is 0 Å². The third kappa shape index (κ3) is 5.85. The Hall–Kier alpha value is -3.14. The van der Waals surface area contributed by atoms with Crippen LogP contribution in [0, 0.1) is 0 Å². The normalized spacial score (nSPS) is 21.5. The molecule has 182 valence electrons. The molecule has 0 unspecified atom stereocenters.